The van der Waals surface area contributed by atoms with E-state index in [0.717, 1.165) is 89.5 Å². The quantitative estimate of drug-likeness (QED) is 0.153. The molecule has 6 aliphatic carbocycles. The van der Waals surface area contributed by atoms with Gasteiger partial charge in [0.15, 0.2) is 5.78 Å². The van der Waals surface area contributed by atoms with E-state index in [1.807, 2.05) is 41.5 Å². The number of allylic oxidation sites excluding steroid dienone is 2. The van der Waals surface area contributed by atoms with Crippen LogP contribution in [0, 0.1) is 53.1 Å². The standard InChI is InChI=1S/C60H71F4NO5.C2H6/c1-31(2)48(18-33(5)66)58(67)51-29-44(61)27-49(51)41-19-35-12-14-37(21-39(35)23-41)46-16-17-47(55(46)43-25-53(63)56(54(64)26-43)34-10-8-7-9-11-34)38-15-13-36-20-42(24-40(36)22-38)50-28-45(62)30-52(50)59(68)57(32(3)4)65-60(69)70-6;1-2/h12-15,21-26,31-32,34,44-52,55,57H,7-11,16-20,27-30H2,1-6H3,(H,65,69);1-2H3/t44-,45-,46-,47-,48+,49+,50+,51?,52?,55?,57+;/m1./s1. The van der Waals surface area contributed by atoms with Crippen LogP contribution >= 0.6 is 0 Å². The molecule has 1 N–H and O–H groups in total. The van der Waals surface area contributed by atoms with Gasteiger partial charge in [-0.2, -0.15) is 0 Å². The number of nitrogens with one attached hydrogen (secondary N) is 1. The van der Waals surface area contributed by atoms with Crippen LogP contribution in [-0.2, 0) is 32.0 Å². The van der Waals surface area contributed by atoms with Crippen LogP contribution in [0.5, 0.6) is 0 Å². The Labute approximate surface area is 425 Å². The molecule has 0 aliphatic heterocycles. The molecular formula is C62H77F4NO5. The van der Waals surface area contributed by atoms with E-state index >= 15 is 17.6 Å². The van der Waals surface area contributed by atoms with Gasteiger partial charge in [-0.1, -0.05) is 121 Å². The molecule has 72 heavy (non-hydrogen) atoms. The van der Waals surface area contributed by atoms with Crippen molar-refractivity contribution in [3.8, 4) is 0 Å². The summed E-state index contributed by atoms with van der Waals surface area (Å²) in [4.78, 5) is 52.5. The topological polar surface area (TPSA) is 89.5 Å². The Morgan fingerprint density at radius 1 is 0.639 bits per heavy atom. The number of hydrogen-bond donors (Lipinski definition) is 1. The van der Waals surface area contributed by atoms with Crippen molar-refractivity contribution >= 4 is 35.6 Å². The second kappa shape index (κ2) is 22.7. The third-order valence-corrected chi connectivity index (χ3v) is 17.6. The number of ketones is 3. The normalized spacial score (nSPS) is 27.7. The van der Waals surface area contributed by atoms with Crippen molar-refractivity contribution in [2.45, 2.75) is 180 Å². The SMILES string of the molecule is CC.COC(=O)N[C@H](C(=O)C1C[C@H](F)C[C@H]1C1=Cc2cc([C@H]3CC[C@H](c4ccc5c(c4)C=C([C@@H]4C[C@@H](F)CC4C(=O)[C@@H](CC(C)=O)C(C)C)C5)C3c3cc(F)c(C4CCCCC4)c(F)c3)ccc2C1)C(C)C. The molecule has 0 heterocycles. The van der Waals surface area contributed by atoms with Crippen LogP contribution in [0.4, 0.5) is 22.4 Å². The number of alkyl halides is 2. The number of ether oxygens (including phenoxy) is 1. The summed E-state index contributed by atoms with van der Waals surface area (Å²) in [6.07, 6.45) is 9.65. The van der Waals surface area contributed by atoms with E-state index in [1.54, 1.807) is 12.1 Å². The van der Waals surface area contributed by atoms with E-state index in [4.69, 9.17) is 4.74 Å². The first-order chi connectivity index (χ1) is 34.5. The molecule has 4 saturated carbocycles. The number of hydrogen-bond acceptors (Lipinski definition) is 5. The Bertz CT molecular complexity index is 2550. The maximum Gasteiger partial charge on any atom is 0.407 e. The van der Waals surface area contributed by atoms with E-state index in [1.165, 1.54) is 14.0 Å². The van der Waals surface area contributed by atoms with Gasteiger partial charge in [-0.25, -0.2) is 22.4 Å². The highest BCUT2D eigenvalue weighted by molar-refractivity contribution is 5.91. The van der Waals surface area contributed by atoms with Crippen LogP contribution in [0.1, 0.15) is 194 Å². The van der Waals surface area contributed by atoms with Crippen molar-refractivity contribution in [2.24, 2.45) is 41.4 Å². The lowest BCUT2D eigenvalue weighted by Gasteiger charge is -2.29. The van der Waals surface area contributed by atoms with Crippen LogP contribution in [0.2, 0.25) is 0 Å². The van der Waals surface area contributed by atoms with Crippen LogP contribution in [-0.4, -0.2) is 48.9 Å². The minimum Gasteiger partial charge on any atom is -0.453 e. The van der Waals surface area contributed by atoms with E-state index in [-0.39, 0.29) is 102 Å². The lowest BCUT2D eigenvalue weighted by atomic mass is 9.75. The van der Waals surface area contributed by atoms with E-state index < -0.39 is 53.9 Å². The zero-order valence-electron chi connectivity index (χ0n) is 43.8. The molecule has 9 rings (SSSR count). The van der Waals surface area contributed by atoms with Crippen molar-refractivity contribution < 1.29 is 41.5 Å². The largest absolute Gasteiger partial charge is 0.453 e. The predicted octanol–water partition coefficient (Wildman–Crippen LogP) is 14.9. The van der Waals surface area contributed by atoms with Crippen molar-refractivity contribution in [1.82, 2.24) is 5.32 Å². The maximum absolute atomic E-state index is 16.5. The molecule has 3 aromatic carbocycles. The number of amides is 1. The Morgan fingerprint density at radius 2 is 1.14 bits per heavy atom. The first-order valence-corrected chi connectivity index (χ1v) is 27.3. The van der Waals surface area contributed by atoms with Crippen molar-refractivity contribution in [1.29, 1.82) is 0 Å². The summed E-state index contributed by atoms with van der Waals surface area (Å²) in [5, 5.41) is 2.69. The fourth-order valence-electron chi connectivity index (χ4n) is 14.1. The molecule has 0 radical (unpaired) electrons. The Morgan fingerprint density at radius 3 is 1.60 bits per heavy atom. The minimum absolute atomic E-state index is 0.00371. The van der Waals surface area contributed by atoms with Crippen LogP contribution < -0.4 is 5.32 Å². The molecule has 0 spiro atoms. The third kappa shape index (κ3) is 11.0. The van der Waals surface area contributed by atoms with Gasteiger partial charge >= 0.3 is 6.09 Å². The number of carbonyl (C=O) groups excluding carboxylic acids is 4. The fourth-order valence-corrected chi connectivity index (χ4v) is 14.1. The van der Waals surface area contributed by atoms with Gasteiger partial charge in [-0.15, -0.1) is 0 Å². The summed E-state index contributed by atoms with van der Waals surface area (Å²) in [5.74, 6) is -3.99. The summed E-state index contributed by atoms with van der Waals surface area (Å²) >= 11 is 0. The minimum atomic E-state index is -1.14. The highest BCUT2D eigenvalue weighted by Crippen LogP contribution is 2.56. The predicted molar refractivity (Wildman–Crippen MR) is 277 cm³/mol. The molecule has 1 amide bonds. The number of alkyl carbamates (subject to hydrolysis) is 1. The third-order valence-electron chi connectivity index (χ3n) is 17.6. The molecule has 0 saturated heterocycles. The number of halogens is 4. The molecule has 10 heteroatoms. The first kappa shape index (κ1) is 53.4. The van der Waals surface area contributed by atoms with Gasteiger partial charge in [0.1, 0.15) is 35.5 Å². The molecule has 0 bridgehead atoms. The zero-order chi connectivity index (χ0) is 51.7. The van der Waals surface area contributed by atoms with Gasteiger partial charge in [0.05, 0.1) is 13.2 Å². The highest BCUT2D eigenvalue weighted by Gasteiger charge is 2.47. The van der Waals surface area contributed by atoms with Crippen LogP contribution in [0.15, 0.2) is 59.7 Å². The number of rotatable bonds is 15. The van der Waals surface area contributed by atoms with Crippen LogP contribution in [0.25, 0.3) is 12.2 Å². The van der Waals surface area contributed by atoms with Gasteiger partial charge in [-0.05, 0) is 170 Å². The first-order valence-electron chi connectivity index (χ1n) is 27.3. The summed E-state index contributed by atoms with van der Waals surface area (Å²) in [7, 11) is 1.25. The lowest BCUT2D eigenvalue weighted by Crippen LogP contribution is -2.47. The Balaban J connectivity index is 0.00000342. The second-order valence-electron chi connectivity index (χ2n) is 22.7. The van der Waals surface area contributed by atoms with E-state index in [0.29, 0.717) is 18.4 Å². The number of benzene rings is 3. The number of fused-ring (bicyclic) bond motifs is 2. The fraction of sp³-hybridized carbons (Fsp3) is 0.581. The van der Waals surface area contributed by atoms with E-state index in [2.05, 4.69) is 53.9 Å². The smallest absolute Gasteiger partial charge is 0.407 e. The molecule has 6 aliphatic rings. The summed E-state index contributed by atoms with van der Waals surface area (Å²) in [6, 6.07) is 15.3. The van der Waals surface area contributed by atoms with Gasteiger partial charge in [0.25, 0.3) is 0 Å². The molecule has 3 aromatic rings. The summed E-state index contributed by atoms with van der Waals surface area (Å²) < 4.78 is 68.5. The summed E-state index contributed by atoms with van der Waals surface area (Å²) in [6.45, 7) is 13.1. The number of methoxy groups -OCH3 is 1. The Kier molecular flexibility index (Phi) is 16.9. The molecule has 6 nitrogen and oxygen atoms in total. The monoisotopic (exact) mass is 992 g/mol. The molecule has 4 fully saturated rings. The average molecular weight is 992 g/mol. The van der Waals surface area contributed by atoms with Crippen molar-refractivity contribution in [2.75, 3.05) is 7.11 Å². The molecule has 0 aromatic heterocycles. The maximum atomic E-state index is 16.5. The molecule has 388 valence electrons. The van der Waals surface area contributed by atoms with Crippen LogP contribution in [0.3, 0.4) is 0 Å². The van der Waals surface area contributed by atoms with Crippen molar-refractivity contribution in [3.05, 3.63) is 116 Å². The number of Topliss-reactive ketones (excluding diaryl/α,β-unsaturated/α-hetero) is 3. The summed E-state index contributed by atoms with van der Waals surface area (Å²) in [5.41, 5.74) is 9.30. The second-order valence-corrected chi connectivity index (χ2v) is 22.7. The van der Waals surface area contributed by atoms with Gasteiger partial charge in [0, 0.05) is 29.7 Å². The Hall–Kier alpha value is -4.86. The average Bonchev–Trinajstić information content (AvgIpc) is 4.21. The van der Waals surface area contributed by atoms with Gasteiger partial charge in [0.2, 0.25) is 0 Å². The molecular weight excluding hydrogens is 915 g/mol. The zero-order valence-corrected chi connectivity index (χ0v) is 43.8. The molecule has 3 unspecified atom stereocenters. The molecule has 11 atom stereocenters. The van der Waals surface area contributed by atoms with Gasteiger partial charge in [-0.3, -0.25) is 9.59 Å². The number of carbonyl (C=O) groups is 4. The van der Waals surface area contributed by atoms with Gasteiger partial charge < -0.3 is 14.8 Å². The van der Waals surface area contributed by atoms with Crippen molar-refractivity contribution in [3.63, 3.8) is 0 Å². The van der Waals surface area contributed by atoms with E-state index in [9.17, 15) is 19.2 Å². The highest BCUT2D eigenvalue weighted by atomic mass is 19.1. The lowest BCUT2D eigenvalue weighted by molar-refractivity contribution is -0.132.